The lowest BCUT2D eigenvalue weighted by molar-refractivity contribution is 0.322. The first-order valence-corrected chi connectivity index (χ1v) is 10.0. The van der Waals surface area contributed by atoms with Crippen LogP contribution in [-0.2, 0) is 21.9 Å². The maximum atomic E-state index is 12.3. The van der Waals surface area contributed by atoms with Crippen LogP contribution in [0.15, 0.2) is 53.4 Å². The predicted molar refractivity (Wildman–Crippen MR) is 102 cm³/mol. The number of nitrogens with one attached hydrogen (secondary N) is 1. The summed E-state index contributed by atoms with van der Waals surface area (Å²) in [5.74, 6) is 0.742. The van der Waals surface area contributed by atoms with Gasteiger partial charge < -0.3 is 4.74 Å². The molecule has 0 atom stereocenters. The van der Waals surface area contributed by atoms with Crippen molar-refractivity contribution in [3.63, 3.8) is 0 Å². The molecule has 0 unspecified atom stereocenters. The second kappa shape index (κ2) is 8.02. The topological polar surface area (TPSA) is 55.4 Å². The van der Waals surface area contributed by atoms with Gasteiger partial charge in [-0.05, 0) is 47.2 Å². The molecule has 136 valence electrons. The second-order valence-electron chi connectivity index (χ2n) is 7.02. The number of benzene rings is 2. The first kappa shape index (κ1) is 19.5. The highest BCUT2D eigenvalue weighted by Gasteiger charge is 2.17. The van der Waals surface area contributed by atoms with E-state index in [0.29, 0.717) is 0 Å². The van der Waals surface area contributed by atoms with Gasteiger partial charge in [0.2, 0.25) is 10.0 Å². The van der Waals surface area contributed by atoms with E-state index in [4.69, 9.17) is 4.74 Å². The van der Waals surface area contributed by atoms with E-state index in [1.807, 2.05) is 36.4 Å². The summed E-state index contributed by atoms with van der Waals surface area (Å²) in [6, 6.07) is 14.8. The standard InChI is InChI=1S/C20H27NO3S/c1-5-16-6-10-18(11-7-16)24-15-14-21-25(22,23)19-12-8-17(9-13-19)20(2,3)4/h6-13,21H,5,14-15H2,1-4H3. The van der Waals surface area contributed by atoms with E-state index >= 15 is 0 Å². The molecule has 0 aliphatic rings. The van der Waals surface area contributed by atoms with Crippen LogP contribution in [0.4, 0.5) is 0 Å². The third-order valence-electron chi connectivity index (χ3n) is 4.03. The maximum Gasteiger partial charge on any atom is 0.240 e. The van der Waals surface area contributed by atoms with Crippen molar-refractivity contribution < 1.29 is 13.2 Å². The van der Waals surface area contributed by atoms with Crippen LogP contribution >= 0.6 is 0 Å². The molecule has 0 radical (unpaired) electrons. The van der Waals surface area contributed by atoms with Crippen molar-refractivity contribution in [1.82, 2.24) is 4.72 Å². The Labute approximate surface area is 151 Å². The first-order valence-electron chi connectivity index (χ1n) is 8.54. The lowest BCUT2D eigenvalue weighted by Gasteiger charge is -2.19. The Bertz CT molecular complexity index is 773. The normalized spacial score (nSPS) is 12.2. The van der Waals surface area contributed by atoms with Gasteiger partial charge >= 0.3 is 0 Å². The SMILES string of the molecule is CCc1ccc(OCCNS(=O)(=O)c2ccc(C(C)(C)C)cc2)cc1. The Balaban J connectivity index is 1.88. The molecule has 4 nitrogen and oxygen atoms in total. The van der Waals surface area contributed by atoms with Gasteiger partial charge in [0, 0.05) is 6.54 Å². The van der Waals surface area contributed by atoms with Gasteiger partial charge in [-0.15, -0.1) is 0 Å². The van der Waals surface area contributed by atoms with Crippen LogP contribution < -0.4 is 9.46 Å². The summed E-state index contributed by atoms with van der Waals surface area (Å²) in [4.78, 5) is 0.271. The molecular weight excluding hydrogens is 334 g/mol. The third kappa shape index (κ3) is 5.58. The van der Waals surface area contributed by atoms with Crippen molar-refractivity contribution in [3.05, 3.63) is 59.7 Å². The average molecular weight is 362 g/mol. The molecule has 0 saturated heterocycles. The summed E-state index contributed by atoms with van der Waals surface area (Å²) >= 11 is 0. The summed E-state index contributed by atoms with van der Waals surface area (Å²) in [5, 5.41) is 0. The molecule has 0 aliphatic heterocycles. The van der Waals surface area contributed by atoms with Crippen LogP contribution in [0.5, 0.6) is 5.75 Å². The van der Waals surface area contributed by atoms with E-state index < -0.39 is 10.0 Å². The quantitative estimate of drug-likeness (QED) is 0.761. The highest BCUT2D eigenvalue weighted by Crippen LogP contribution is 2.23. The number of aryl methyl sites for hydroxylation is 1. The Hall–Kier alpha value is -1.85. The largest absolute Gasteiger partial charge is 0.492 e. The molecule has 0 amide bonds. The number of hydrogen-bond acceptors (Lipinski definition) is 3. The first-order chi connectivity index (χ1) is 11.7. The maximum absolute atomic E-state index is 12.3. The van der Waals surface area contributed by atoms with Crippen molar-refractivity contribution in [2.45, 2.75) is 44.4 Å². The highest BCUT2D eigenvalue weighted by molar-refractivity contribution is 7.89. The molecule has 25 heavy (non-hydrogen) atoms. The van der Waals surface area contributed by atoms with Gasteiger partial charge in [0.1, 0.15) is 12.4 Å². The zero-order chi connectivity index (χ0) is 18.5. The predicted octanol–water partition coefficient (Wildman–Crippen LogP) is 3.90. The van der Waals surface area contributed by atoms with Crippen molar-refractivity contribution in [2.75, 3.05) is 13.2 Å². The number of rotatable bonds is 7. The average Bonchev–Trinajstić information content (AvgIpc) is 2.58. The fourth-order valence-electron chi connectivity index (χ4n) is 2.38. The van der Waals surface area contributed by atoms with Crippen LogP contribution in [0.1, 0.15) is 38.8 Å². The highest BCUT2D eigenvalue weighted by atomic mass is 32.2. The third-order valence-corrected chi connectivity index (χ3v) is 5.50. The molecule has 0 saturated carbocycles. The van der Waals surface area contributed by atoms with Gasteiger partial charge in [-0.2, -0.15) is 0 Å². The molecule has 2 rings (SSSR count). The van der Waals surface area contributed by atoms with Crippen molar-refractivity contribution in [1.29, 1.82) is 0 Å². The fraction of sp³-hybridized carbons (Fsp3) is 0.400. The number of hydrogen-bond donors (Lipinski definition) is 1. The van der Waals surface area contributed by atoms with Crippen molar-refractivity contribution in [3.8, 4) is 5.75 Å². The molecule has 2 aromatic carbocycles. The van der Waals surface area contributed by atoms with Crippen LogP contribution in [-0.4, -0.2) is 21.6 Å². The number of ether oxygens (including phenoxy) is 1. The zero-order valence-electron chi connectivity index (χ0n) is 15.4. The summed E-state index contributed by atoms with van der Waals surface area (Å²) in [5.41, 5.74) is 2.34. The lowest BCUT2D eigenvalue weighted by Crippen LogP contribution is -2.28. The van der Waals surface area contributed by atoms with E-state index in [9.17, 15) is 8.42 Å². The minimum Gasteiger partial charge on any atom is -0.492 e. The van der Waals surface area contributed by atoms with Crippen molar-refractivity contribution >= 4 is 10.0 Å². The minimum atomic E-state index is -3.52. The van der Waals surface area contributed by atoms with Gasteiger partial charge in [-0.1, -0.05) is 52.0 Å². The van der Waals surface area contributed by atoms with E-state index in [2.05, 4.69) is 32.4 Å². The molecule has 2 aromatic rings. The van der Waals surface area contributed by atoms with Crippen LogP contribution in [0.3, 0.4) is 0 Å². The van der Waals surface area contributed by atoms with Crippen LogP contribution in [0, 0.1) is 0 Å². The lowest BCUT2D eigenvalue weighted by atomic mass is 9.87. The molecule has 5 heteroatoms. The Morgan fingerprint density at radius 3 is 2.08 bits per heavy atom. The Morgan fingerprint density at radius 1 is 0.960 bits per heavy atom. The van der Waals surface area contributed by atoms with Crippen LogP contribution in [0.25, 0.3) is 0 Å². The van der Waals surface area contributed by atoms with Gasteiger partial charge in [0.15, 0.2) is 0 Å². The fourth-order valence-corrected chi connectivity index (χ4v) is 3.40. The van der Waals surface area contributed by atoms with E-state index in [1.165, 1.54) is 5.56 Å². The molecule has 0 spiro atoms. The van der Waals surface area contributed by atoms with E-state index in [1.54, 1.807) is 12.1 Å². The Kier molecular flexibility index (Phi) is 6.25. The van der Waals surface area contributed by atoms with Gasteiger partial charge in [0.25, 0.3) is 0 Å². The zero-order valence-corrected chi connectivity index (χ0v) is 16.2. The summed E-state index contributed by atoms with van der Waals surface area (Å²) in [6.45, 7) is 8.89. The van der Waals surface area contributed by atoms with E-state index in [0.717, 1.165) is 17.7 Å². The molecule has 0 aromatic heterocycles. The van der Waals surface area contributed by atoms with Gasteiger partial charge in [-0.25, -0.2) is 13.1 Å². The smallest absolute Gasteiger partial charge is 0.240 e. The summed E-state index contributed by atoms with van der Waals surface area (Å²) in [6.07, 6.45) is 0.980. The molecule has 0 bridgehead atoms. The summed E-state index contributed by atoms with van der Waals surface area (Å²) < 4.78 is 32.8. The molecule has 0 fully saturated rings. The number of sulfonamides is 1. The van der Waals surface area contributed by atoms with Gasteiger partial charge in [-0.3, -0.25) is 0 Å². The Morgan fingerprint density at radius 2 is 1.56 bits per heavy atom. The van der Waals surface area contributed by atoms with E-state index in [-0.39, 0.29) is 23.5 Å². The van der Waals surface area contributed by atoms with Crippen molar-refractivity contribution in [2.24, 2.45) is 0 Å². The molecule has 0 heterocycles. The molecule has 0 aliphatic carbocycles. The molecular formula is C20H27NO3S. The molecule has 1 N–H and O–H groups in total. The summed E-state index contributed by atoms with van der Waals surface area (Å²) in [7, 11) is -3.52. The second-order valence-corrected chi connectivity index (χ2v) is 8.79. The van der Waals surface area contributed by atoms with Crippen LogP contribution in [0.2, 0.25) is 0 Å². The monoisotopic (exact) mass is 361 g/mol. The minimum absolute atomic E-state index is 0.00309. The van der Waals surface area contributed by atoms with Gasteiger partial charge in [0.05, 0.1) is 4.90 Å².